The number of hydrogen-bond donors (Lipinski definition) is 2. The van der Waals surface area contributed by atoms with E-state index in [1.165, 1.54) is 16.8 Å². The van der Waals surface area contributed by atoms with Crippen LogP contribution in [0, 0.1) is 12.7 Å². The van der Waals surface area contributed by atoms with E-state index in [2.05, 4.69) is 10.3 Å². The SMILES string of the molecule is Cc1cc(-c2nnn(-c3cccc(O)c3)c2N)ccc1F. The molecule has 0 saturated heterocycles. The standard InChI is InChI=1S/C15H13FN4O/c1-9-7-10(5-6-13(9)16)14-15(17)20(19-18-14)11-3-2-4-12(21)8-11/h2-8,21H,17H2,1H3. The van der Waals surface area contributed by atoms with Crippen LogP contribution in [0.15, 0.2) is 42.5 Å². The molecule has 5 nitrogen and oxygen atoms in total. The van der Waals surface area contributed by atoms with Gasteiger partial charge in [0.25, 0.3) is 0 Å². The van der Waals surface area contributed by atoms with Crippen molar-refractivity contribution < 1.29 is 9.50 Å². The van der Waals surface area contributed by atoms with E-state index in [0.29, 0.717) is 28.3 Å². The Morgan fingerprint density at radius 3 is 2.71 bits per heavy atom. The summed E-state index contributed by atoms with van der Waals surface area (Å²) in [6, 6.07) is 11.2. The molecule has 1 heterocycles. The predicted molar refractivity (Wildman–Crippen MR) is 77.6 cm³/mol. The van der Waals surface area contributed by atoms with Gasteiger partial charge in [0.1, 0.15) is 17.3 Å². The van der Waals surface area contributed by atoms with Crippen LogP contribution in [0.4, 0.5) is 10.2 Å². The molecule has 6 heteroatoms. The number of anilines is 1. The zero-order valence-corrected chi connectivity index (χ0v) is 11.3. The Kier molecular flexibility index (Phi) is 3.06. The Morgan fingerprint density at radius 1 is 1.19 bits per heavy atom. The van der Waals surface area contributed by atoms with Gasteiger partial charge in [0.15, 0.2) is 5.82 Å². The lowest BCUT2D eigenvalue weighted by atomic mass is 10.1. The Hall–Kier alpha value is -2.89. The van der Waals surface area contributed by atoms with Crippen molar-refractivity contribution in [1.82, 2.24) is 15.0 Å². The van der Waals surface area contributed by atoms with E-state index in [1.54, 1.807) is 37.3 Å². The van der Waals surface area contributed by atoms with Crippen molar-refractivity contribution in [1.29, 1.82) is 0 Å². The van der Waals surface area contributed by atoms with Crippen molar-refractivity contribution in [3.05, 3.63) is 53.8 Å². The Balaban J connectivity index is 2.09. The highest BCUT2D eigenvalue weighted by Crippen LogP contribution is 2.27. The summed E-state index contributed by atoms with van der Waals surface area (Å²) in [7, 11) is 0. The summed E-state index contributed by atoms with van der Waals surface area (Å²) in [5.41, 5.74) is 8.35. The number of nitrogen functional groups attached to an aromatic ring is 1. The molecule has 0 atom stereocenters. The smallest absolute Gasteiger partial charge is 0.155 e. The summed E-state index contributed by atoms with van der Waals surface area (Å²) in [5.74, 6) is 0.158. The highest BCUT2D eigenvalue weighted by molar-refractivity contribution is 5.71. The minimum atomic E-state index is -0.280. The van der Waals surface area contributed by atoms with E-state index in [9.17, 15) is 9.50 Å². The lowest BCUT2D eigenvalue weighted by Crippen LogP contribution is -2.02. The molecule has 0 bridgehead atoms. The van der Waals surface area contributed by atoms with Gasteiger partial charge in [-0.25, -0.2) is 4.39 Å². The largest absolute Gasteiger partial charge is 0.508 e. The molecule has 0 fully saturated rings. The maximum atomic E-state index is 13.3. The Morgan fingerprint density at radius 2 is 2.00 bits per heavy atom. The van der Waals surface area contributed by atoms with E-state index >= 15 is 0 Å². The molecular formula is C15H13FN4O. The lowest BCUT2D eigenvalue weighted by molar-refractivity contribution is 0.475. The number of aryl methyl sites for hydroxylation is 1. The molecular weight excluding hydrogens is 271 g/mol. The van der Waals surface area contributed by atoms with Gasteiger partial charge in [-0.15, -0.1) is 5.10 Å². The van der Waals surface area contributed by atoms with Crippen molar-refractivity contribution in [3.8, 4) is 22.7 Å². The molecule has 0 saturated carbocycles. The summed E-state index contributed by atoms with van der Waals surface area (Å²) in [4.78, 5) is 0. The van der Waals surface area contributed by atoms with Gasteiger partial charge in [-0.3, -0.25) is 0 Å². The van der Waals surface area contributed by atoms with Crippen LogP contribution in [0.25, 0.3) is 16.9 Å². The van der Waals surface area contributed by atoms with Crippen LogP contribution in [0.3, 0.4) is 0 Å². The molecule has 3 rings (SSSR count). The van der Waals surface area contributed by atoms with E-state index < -0.39 is 0 Å². The van der Waals surface area contributed by atoms with Crippen LogP contribution in [-0.2, 0) is 0 Å². The van der Waals surface area contributed by atoms with Gasteiger partial charge in [-0.1, -0.05) is 11.3 Å². The lowest BCUT2D eigenvalue weighted by Gasteiger charge is -2.04. The van der Waals surface area contributed by atoms with Crippen molar-refractivity contribution in [3.63, 3.8) is 0 Å². The molecule has 21 heavy (non-hydrogen) atoms. The molecule has 106 valence electrons. The molecule has 2 aromatic carbocycles. The molecule has 0 spiro atoms. The highest BCUT2D eigenvalue weighted by atomic mass is 19.1. The van der Waals surface area contributed by atoms with Crippen LogP contribution < -0.4 is 5.73 Å². The van der Waals surface area contributed by atoms with Gasteiger partial charge >= 0.3 is 0 Å². The summed E-state index contributed by atoms with van der Waals surface area (Å²) in [5, 5.41) is 17.6. The van der Waals surface area contributed by atoms with Gasteiger partial charge in [-0.2, -0.15) is 4.68 Å². The number of phenolic OH excluding ortho intramolecular Hbond substituents is 1. The van der Waals surface area contributed by atoms with Crippen LogP contribution in [-0.4, -0.2) is 20.1 Å². The number of nitrogens with two attached hydrogens (primary N) is 1. The Labute approximate surface area is 120 Å². The molecule has 1 aromatic heterocycles. The number of phenols is 1. The third-order valence-electron chi connectivity index (χ3n) is 3.21. The fraction of sp³-hybridized carbons (Fsp3) is 0.0667. The number of rotatable bonds is 2. The first kappa shape index (κ1) is 13.1. The van der Waals surface area contributed by atoms with Crippen molar-refractivity contribution in [2.75, 3.05) is 5.73 Å². The molecule has 0 radical (unpaired) electrons. The molecule has 3 aromatic rings. The minimum Gasteiger partial charge on any atom is -0.508 e. The fourth-order valence-corrected chi connectivity index (χ4v) is 2.10. The van der Waals surface area contributed by atoms with Gasteiger partial charge in [0.2, 0.25) is 0 Å². The first-order valence-electron chi connectivity index (χ1n) is 6.33. The average Bonchev–Trinajstić information content (AvgIpc) is 2.84. The zero-order valence-electron chi connectivity index (χ0n) is 11.3. The highest BCUT2D eigenvalue weighted by Gasteiger charge is 2.14. The van der Waals surface area contributed by atoms with Crippen molar-refractivity contribution >= 4 is 5.82 Å². The summed E-state index contributed by atoms with van der Waals surface area (Å²) in [6.07, 6.45) is 0. The fourth-order valence-electron chi connectivity index (χ4n) is 2.10. The molecule has 0 aliphatic rings. The van der Waals surface area contributed by atoms with Gasteiger partial charge < -0.3 is 10.8 Å². The number of halogens is 1. The number of aromatic nitrogens is 3. The van der Waals surface area contributed by atoms with Gasteiger partial charge in [0, 0.05) is 11.6 Å². The number of hydrogen-bond acceptors (Lipinski definition) is 4. The molecule has 0 unspecified atom stereocenters. The number of benzene rings is 2. The third-order valence-corrected chi connectivity index (χ3v) is 3.21. The first-order chi connectivity index (χ1) is 10.1. The summed E-state index contributed by atoms with van der Waals surface area (Å²) >= 11 is 0. The van der Waals surface area contributed by atoms with Crippen molar-refractivity contribution in [2.24, 2.45) is 0 Å². The van der Waals surface area contributed by atoms with Crippen LogP contribution in [0.5, 0.6) is 5.75 Å². The van der Waals surface area contributed by atoms with Gasteiger partial charge in [0.05, 0.1) is 5.69 Å². The second-order valence-electron chi connectivity index (χ2n) is 4.72. The quantitative estimate of drug-likeness (QED) is 0.758. The van der Waals surface area contributed by atoms with E-state index in [0.717, 1.165) is 0 Å². The van der Waals surface area contributed by atoms with Gasteiger partial charge in [-0.05, 0) is 42.8 Å². The summed E-state index contributed by atoms with van der Waals surface area (Å²) < 4.78 is 14.8. The number of nitrogens with zero attached hydrogens (tertiary/aromatic N) is 3. The molecule has 0 amide bonds. The van der Waals surface area contributed by atoms with E-state index in [1.807, 2.05) is 0 Å². The predicted octanol–water partition coefficient (Wildman–Crippen LogP) is 2.67. The summed E-state index contributed by atoms with van der Waals surface area (Å²) in [6.45, 7) is 1.68. The minimum absolute atomic E-state index is 0.113. The first-order valence-corrected chi connectivity index (χ1v) is 6.33. The van der Waals surface area contributed by atoms with E-state index in [-0.39, 0.29) is 11.6 Å². The maximum Gasteiger partial charge on any atom is 0.155 e. The Bertz CT molecular complexity index is 813. The maximum absolute atomic E-state index is 13.3. The normalized spacial score (nSPS) is 10.8. The molecule has 3 N–H and O–H groups in total. The van der Waals surface area contributed by atoms with E-state index in [4.69, 9.17) is 5.73 Å². The molecule has 0 aliphatic heterocycles. The average molecular weight is 284 g/mol. The number of aromatic hydroxyl groups is 1. The third kappa shape index (κ3) is 2.31. The molecule has 0 aliphatic carbocycles. The topological polar surface area (TPSA) is 77.0 Å². The monoisotopic (exact) mass is 284 g/mol. The van der Waals surface area contributed by atoms with Crippen LogP contribution >= 0.6 is 0 Å². The van der Waals surface area contributed by atoms with Crippen LogP contribution in [0.2, 0.25) is 0 Å². The van der Waals surface area contributed by atoms with Crippen LogP contribution in [0.1, 0.15) is 5.56 Å². The van der Waals surface area contributed by atoms with Crippen molar-refractivity contribution in [2.45, 2.75) is 6.92 Å². The zero-order chi connectivity index (χ0) is 15.0. The second-order valence-corrected chi connectivity index (χ2v) is 4.72. The second kappa shape index (κ2) is 4.90.